The smallest absolute Gasteiger partial charge is 0.243 e. The molecule has 2 heterocycles. The summed E-state index contributed by atoms with van der Waals surface area (Å²) in [5.74, 6) is -3.78. The zero-order valence-electron chi connectivity index (χ0n) is 9.88. The Morgan fingerprint density at radius 3 is 2.72 bits per heavy atom. The third-order valence-corrected chi connectivity index (χ3v) is 4.92. The number of alkyl halides is 2. The van der Waals surface area contributed by atoms with Crippen molar-refractivity contribution in [3.05, 3.63) is 24.4 Å². The molecule has 0 spiro atoms. The molecule has 1 saturated heterocycles. The van der Waals surface area contributed by atoms with E-state index in [2.05, 4.69) is 4.98 Å². The molecule has 1 aliphatic rings. The Kier molecular flexibility index (Phi) is 3.37. The lowest BCUT2D eigenvalue weighted by Crippen LogP contribution is -2.48. The van der Waals surface area contributed by atoms with E-state index in [1.165, 1.54) is 19.2 Å². The van der Waals surface area contributed by atoms with Gasteiger partial charge in [-0.1, -0.05) is 13.0 Å². The van der Waals surface area contributed by atoms with Gasteiger partial charge < -0.3 is 0 Å². The number of aromatic nitrogens is 1. The van der Waals surface area contributed by atoms with Crippen LogP contribution >= 0.6 is 0 Å². The van der Waals surface area contributed by atoms with E-state index in [1.807, 2.05) is 0 Å². The number of halogens is 2. The van der Waals surface area contributed by atoms with Gasteiger partial charge in [0.15, 0.2) is 5.03 Å². The zero-order valence-corrected chi connectivity index (χ0v) is 10.7. The summed E-state index contributed by atoms with van der Waals surface area (Å²) in [7, 11) is -3.76. The van der Waals surface area contributed by atoms with Crippen molar-refractivity contribution in [3.8, 4) is 0 Å². The molecule has 18 heavy (non-hydrogen) atoms. The van der Waals surface area contributed by atoms with Gasteiger partial charge in [0.05, 0.1) is 0 Å². The van der Waals surface area contributed by atoms with Gasteiger partial charge in [-0.3, -0.25) is 0 Å². The van der Waals surface area contributed by atoms with Crippen LogP contribution in [0.5, 0.6) is 0 Å². The van der Waals surface area contributed by atoms with Crippen molar-refractivity contribution < 1.29 is 17.2 Å². The molecule has 100 valence electrons. The Bertz CT molecular complexity index is 519. The molecule has 1 aromatic heterocycles. The van der Waals surface area contributed by atoms with Gasteiger partial charge in [0.2, 0.25) is 0 Å². The molecule has 1 unspecified atom stereocenters. The first-order chi connectivity index (χ1) is 8.34. The molecule has 0 N–H and O–H groups in total. The highest BCUT2D eigenvalue weighted by Gasteiger charge is 2.44. The standard InChI is InChI=1S/C11H14F2N2O2S/c1-9-8-15(7-5-11(9,12)13)18(16,17)10-4-2-3-6-14-10/h2-4,6,9H,5,7-8H2,1H3. The molecular formula is C11H14F2N2O2S. The maximum absolute atomic E-state index is 13.3. The van der Waals surface area contributed by atoms with Crippen LogP contribution < -0.4 is 0 Å². The van der Waals surface area contributed by atoms with Gasteiger partial charge in [0.1, 0.15) is 0 Å². The lowest BCUT2D eigenvalue weighted by Gasteiger charge is -2.35. The molecule has 0 radical (unpaired) electrons. The van der Waals surface area contributed by atoms with E-state index >= 15 is 0 Å². The number of sulfonamides is 1. The minimum atomic E-state index is -3.76. The minimum Gasteiger partial charge on any atom is -0.243 e. The summed E-state index contributed by atoms with van der Waals surface area (Å²) in [5, 5.41) is -0.0950. The summed E-state index contributed by atoms with van der Waals surface area (Å²) in [6, 6.07) is 4.53. The van der Waals surface area contributed by atoms with Gasteiger partial charge >= 0.3 is 0 Å². The number of piperidine rings is 1. The van der Waals surface area contributed by atoms with Crippen molar-refractivity contribution in [1.82, 2.24) is 9.29 Å². The van der Waals surface area contributed by atoms with Crippen LogP contribution in [-0.2, 0) is 10.0 Å². The molecule has 1 aromatic rings. The Labute approximate surface area is 105 Å². The minimum absolute atomic E-state index is 0.0950. The molecule has 7 heteroatoms. The Balaban J connectivity index is 2.24. The van der Waals surface area contributed by atoms with E-state index in [9.17, 15) is 17.2 Å². The average molecular weight is 276 g/mol. The third-order valence-electron chi connectivity index (χ3n) is 3.13. The van der Waals surface area contributed by atoms with Gasteiger partial charge in [-0.25, -0.2) is 22.2 Å². The average Bonchev–Trinajstić information content (AvgIpc) is 2.33. The van der Waals surface area contributed by atoms with Gasteiger partial charge in [0.25, 0.3) is 15.9 Å². The number of rotatable bonds is 2. The van der Waals surface area contributed by atoms with Gasteiger partial charge in [-0.05, 0) is 12.1 Å². The van der Waals surface area contributed by atoms with Gasteiger partial charge in [0, 0.05) is 31.6 Å². The number of hydrogen-bond donors (Lipinski definition) is 0. The van der Waals surface area contributed by atoms with E-state index in [0.717, 1.165) is 4.31 Å². The number of nitrogens with zero attached hydrogens (tertiary/aromatic N) is 2. The Morgan fingerprint density at radius 1 is 1.44 bits per heavy atom. The monoisotopic (exact) mass is 276 g/mol. The van der Waals surface area contributed by atoms with Crippen molar-refractivity contribution in [3.63, 3.8) is 0 Å². The van der Waals surface area contributed by atoms with Gasteiger partial charge in [-0.15, -0.1) is 0 Å². The zero-order chi connectivity index (χ0) is 13.4. The van der Waals surface area contributed by atoms with Crippen molar-refractivity contribution in [1.29, 1.82) is 0 Å². The number of hydrogen-bond acceptors (Lipinski definition) is 3. The molecule has 0 amide bonds. The van der Waals surface area contributed by atoms with Crippen molar-refractivity contribution >= 4 is 10.0 Å². The Morgan fingerprint density at radius 2 is 2.17 bits per heavy atom. The fourth-order valence-electron chi connectivity index (χ4n) is 1.90. The fraction of sp³-hybridized carbons (Fsp3) is 0.545. The van der Waals surface area contributed by atoms with Crippen LogP contribution in [-0.4, -0.2) is 36.7 Å². The van der Waals surface area contributed by atoms with Crippen LogP contribution in [0.15, 0.2) is 29.4 Å². The quantitative estimate of drug-likeness (QED) is 0.827. The van der Waals surface area contributed by atoms with E-state index in [-0.39, 0.29) is 18.1 Å². The molecule has 0 aromatic carbocycles. The van der Waals surface area contributed by atoms with Crippen LogP contribution in [0.4, 0.5) is 8.78 Å². The summed E-state index contributed by atoms with van der Waals surface area (Å²) in [6.07, 6.45) is 0.926. The van der Waals surface area contributed by atoms with Gasteiger partial charge in [-0.2, -0.15) is 4.31 Å². The molecule has 0 bridgehead atoms. The topological polar surface area (TPSA) is 50.3 Å². The van der Waals surface area contributed by atoms with Crippen LogP contribution in [0.2, 0.25) is 0 Å². The molecular weight excluding hydrogens is 262 g/mol. The van der Waals surface area contributed by atoms with Crippen molar-refractivity contribution in [2.75, 3.05) is 13.1 Å². The lowest BCUT2D eigenvalue weighted by molar-refractivity contribution is -0.0854. The third kappa shape index (κ3) is 2.37. The maximum atomic E-state index is 13.3. The molecule has 1 atom stereocenters. The Hall–Kier alpha value is -1.08. The molecule has 1 fully saturated rings. The summed E-state index contributed by atoms with van der Waals surface area (Å²) in [6.45, 7) is 1.02. The highest BCUT2D eigenvalue weighted by Crippen LogP contribution is 2.34. The van der Waals surface area contributed by atoms with Crippen molar-refractivity contribution in [2.24, 2.45) is 5.92 Å². The van der Waals surface area contributed by atoms with Crippen molar-refractivity contribution in [2.45, 2.75) is 24.3 Å². The molecule has 2 rings (SSSR count). The molecule has 1 aliphatic heterocycles. The second kappa shape index (κ2) is 4.55. The molecule has 4 nitrogen and oxygen atoms in total. The number of pyridine rings is 1. The second-order valence-corrected chi connectivity index (χ2v) is 6.33. The second-order valence-electron chi connectivity index (χ2n) is 4.44. The first kappa shape index (κ1) is 13.4. The predicted octanol–water partition coefficient (Wildman–Crippen LogP) is 1.75. The van der Waals surface area contributed by atoms with E-state index in [0.29, 0.717) is 0 Å². The van der Waals surface area contributed by atoms with Crippen LogP contribution in [0, 0.1) is 5.92 Å². The maximum Gasteiger partial charge on any atom is 0.260 e. The van der Waals surface area contributed by atoms with Crippen LogP contribution in [0.1, 0.15) is 13.3 Å². The molecule has 0 aliphatic carbocycles. The first-order valence-corrected chi connectivity index (χ1v) is 7.07. The van der Waals surface area contributed by atoms with E-state index in [1.54, 1.807) is 12.1 Å². The molecule has 0 saturated carbocycles. The summed E-state index contributed by atoms with van der Waals surface area (Å²) in [5.41, 5.74) is 0. The van der Waals surface area contributed by atoms with E-state index in [4.69, 9.17) is 0 Å². The highest BCUT2D eigenvalue weighted by atomic mass is 32.2. The summed E-state index contributed by atoms with van der Waals surface area (Å²) < 4.78 is 52.1. The van der Waals surface area contributed by atoms with Crippen LogP contribution in [0.25, 0.3) is 0 Å². The van der Waals surface area contributed by atoms with Crippen LogP contribution in [0.3, 0.4) is 0 Å². The normalized spacial score (nSPS) is 24.9. The lowest BCUT2D eigenvalue weighted by atomic mass is 9.97. The summed E-state index contributed by atoms with van der Waals surface area (Å²) in [4.78, 5) is 3.77. The van der Waals surface area contributed by atoms with E-state index < -0.39 is 28.3 Å². The first-order valence-electron chi connectivity index (χ1n) is 5.63. The predicted molar refractivity (Wildman–Crippen MR) is 61.7 cm³/mol. The SMILES string of the molecule is CC1CN(S(=O)(=O)c2ccccn2)CCC1(F)F. The highest BCUT2D eigenvalue weighted by molar-refractivity contribution is 7.89. The fourth-order valence-corrected chi connectivity index (χ4v) is 3.36. The summed E-state index contributed by atoms with van der Waals surface area (Å²) >= 11 is 0. The largest absolute Gasteiger partial charge is 0.260 e.